The van der Waals surface area contributed by atoms with E-state index in [1.54, 1.807) is 7.11 Å². The first-order valence-corrected chi connectivity index (χ1v) is 5.50. The van der Waals surface area contributed by atoms with Gasteiger partial charge in [0.05, 0.1) is 0 Å². The Bertz CT molecular complexity index is 403. The van der Waals surface area contributed by atoms with Gasteiger partial charge in [0.1, 0.15) is 11.4 Å². The number of anilines is 1. The molecule has 0 unspecified atom stereocenters. The summed E-state index contributed by atoms with van der Waals surface area (Å²) in [5.41, 5.74) is 4.43. The molecule has 5 nitrogen and oxygen atoms in total. The fraction of sp³-hybridized carbons (Fsp3) is 0.636. The van der Waals surface area contributed by atoms with Gasteiger partial charge in [-0.1, -0.05) is 0 Å². The lowest BCUT2D eigenvalue weighted by Crippen LogP contribution is -2.25. The van der Waals surface area contributed by atoms with Gasteiger partial charge in [0.2, 0.25) is 0 Å². The lowest BCUT2D eigenvalue weighted by Gasteiger charge is -2.22. The first-order chi connectivity index (χ1) is 7.58. The molecular formula is C11H18N4O. The van der Waals surface area contributed by atoms with Crippen molar-refractivity contribution in [3.63, 3.8) is 0 Å². The van der Waals surface area contributed by atoms with Crippen molar-refractivity contribution in [1.29, 1.82) is 0 Å². The van der Waals surface area contributed by atoms with Crippen molar-refractivity contribution in [2.75, 3.05) is 12.5 Å². The largest absolute Gasteiger partial charge is 0.371 e. The van der Waals surface area contributed by atoms with Crippen molar-refractivity contribution in [1.82, 2.24) is 9.97 Å². The third-order valence-electron chi connectivity index (χ3n) is 3.12. The molecule has 3 N–H and O–H groups in total. The van der Waals surface area contributed by atoms with E-state index in [4.69, 9.17) is 10.6 Å². The average Bonchev–Trinajstić information content (AvgIpc) is 2.75. The molecule has 0 radical (unpaired) electrons. The molecule has 0 atom stereocenters. The maximum Gasteiger partial charge on any atom is 0.162 e. The molecule has 0 fully saturated rings. The monoisotopic (exact) mass is 222 g/mol. The number of nitrogens with zero attached hydrogens (tertiary/aromatic N) is 2. The van der Waals surface area contributed by atoms with Gasteiger partial charge in [0, 0.05) is 18.4 Å². The molecule has 16 heavy (non-hydrogen) atoms. The van der Waals surface area contributed by atoms with E-state index in [0.29, 0.717) is 5.82 Å². The molecule has 0 spiro atoms. The third kappa shape index (κ3) is 1.76. The molecule has 1 aromatic rings. The fourth-order valence-electron chi connectivity index (χ4n) is 1.91. The van der Waals surface area contributed by atoms with Crippen LogP contribution in [-0.2, 0) is 23.2 Å². The highest BCUT2D eigenvalue weighted by molar-refractivity contribution is 5.48. The van der Waals surface area contributed by atoms with Gasteiger partial charge in [-0.3, -0.25) is 0 Å². The summed E-state index contributed by atoms with van der Waals surface area (Å²) >= 11 is 0. The van der Waals surface area contributed by atoms with Crippen LogP contribution in [0.5, 0.6) is 0 Å². The second-order valence-electron chi connectivity index (χ2n) is 4.53. The second kappa shape index (κ2) is 3.99. The van der Waals surface area contributed by atoms with Gasteiger partial charge in [-0.05, 0) is 33.1 Å². The van der Waals surface area contributed by atoms with E-state index in [9.17, 15) is 0 Å². The van der Waals surface area contributed by atoms with Gasteiger partial charge in [0.25, 0.3) is 0 Å². The van der Waals surface area contributed by atoms with Crippen molar-refractivity contribution in [3.05, 3.63) is 17.1 Å². The number of rotatable bonds is 3. The van der Waals surface area contributed by atoms with Crippen LogP contribution in [0.25, 0.3) is 0 Å². The Balaban J connectivity index is 2.50. The molecule has 1 aliphatic carbocycles. The van der Waals surface area contributed by atoms with Gasteiger partial charge in [0.15, 0.2) is 5.82 Å². The number of fused-ring (bicyclic) bond motifs is 1. The number of nitrogen functional groups attached to an aromatic ring is 1. The van der Waals surface area contributed by atoms with Crippen LogP contribution in [0.2, 0.25) is 0 Å². The summed E-state index contributed by atoms with van der Waals surface area (Å²) in [6, 6.07) is 0. The Morgan fingerprint density at radius 2 is 2.06 bits per heavy atom. The Kier molecular flexibility index (Phi) is 2.82. The second-order valence-corrected chi connectivity index (χ2v) is 4.53. The van der Waals surface area contributed by atoms with E-state index in [2.05, 4.69) is 15.4 Å². The van der Waals surface area contributed by atoms with Gasteiger partial charge in [-0.25, -0.2) is 15.8 Å². The number of nitrogens with two attached hydrogens (primary N) is 1. The van der Waals surface area contributed by atoms with Crippen LogP contribution in [0, 0.1) is 0 Å². The number of hydrazine groups is 1. The molecule has 1 heterocycles. The smallest absolute Gasteiger partial charge is 0.162 e. The molecule has 0 aromatic carbocycles. The highest BCUT2D eigenvalue weighted by atomic mass is 16.5. The maximum atomic E-state index is 5.50. The van der Waals surface area contributed by atoms with Crippen molar-refractivity contribution >= 4 is 5.82 Å². The minimum atomic E-state index is -0.483. The summed E-state index contributed by atoms with van der Waals surface area (Å²) in [4.78, 5) is 9.01. The number of aromatic nitrogens is 2. The van der Waals surface area contributed by atoms with Crippen molar-refractivity contribution in [2.45, 2.75) is 38.7 Å². The van der Waals surface area contributed by atoms with Crippen LogP contribution in [0.3, 0.4) is 0 Å². The van der Waals surface area contributed by atoms with Crippen LogP contribution in [0.1, 0.15) is 37.4 Å². The molecule has 88 valence electrons. The van der Waals surface area contributed by atoms with Crippen LogP contribution in [0.4, 0.5) is 5.82 Å². The van der Waals surface area contributed by atoms with Gasteiger partial charge < -0.3 is 10.2 Å². The van der Waals surface area contributed by atoms with E-state index in [1.807, 2.05) is 13.8 Å². The quantitative estimate of drug-likeness (QED) is 0.592. The SMILES string of the molecule is COC(C)(C)c1nc2c(c(NN)n1)CCC2. The molecule has 2 rings (SSSR count). The lowest BCUT2D eigenvalue weighted by atomic mass is 10.1. The Morgan fingerprint density at radius 3 is 2.69 bits per heavy atom. The third-order valence-corrected chi connectivity index (χ3v) is 3.12. The maximum absolute atomic E-state index is 5.50. The van der Waals surface area contributed by atoms with E-state index < -0.39 is 5.60 Å². The Hall–Kier alpha value is -1.20. The molecule has 0 saturated heterocycles. The first-order valence-electron chi connectivity index (χ1n) is 5.50. The normalized spacial score (nSPS) is 15.0. The van der Waals surface area contributed by atoms with E-state index in [1.165, 1.54) is 0 Å². The van der Waals surface area contributed by atoms with Gasteiger partial charge >= 0.3 is 0 Å². The van der Waals surface area contributed by atoms with Crippen LogP contribution in [-0.4, -0.2) is 17.1 Å². The predicted molar refractivity (Wildman–Crippen MR) is 61.9 cm³/mol. The van der Waals surface area contributed by atoms with Crippen LogP contribution >= 0.6 is 0 Å². The van der Waals surface area contributed by atoms with Crippen LogP contribution < -0.4 is 11.3 Å². The zero-order chi connectivity index (χ0) is 11.8. The van der Waals surface area contributed by atoms with E-state index in [0.717, 1.165) is 36.3 Å². The number of hydrogen-bond donors (Lipinski definition) is 2. The zero-order valence-corrected chi connectivity index (χ0v) is 10.0. The summed E-state index contributed by atoms with van der Waals surface area (Å²) in [5, 5.41) is 0. The highest BCUT2D eigenvalue weighted by Crippen LogP contribution is 2.29. The molecular weight excluding hydrogens is 204 g/mol. The minimum Gasteiger partial charge on any atom is -0.371 e. The molecule has 0 amide bonds. The molecule has 1 aliphatic rings. The Labute approximate surface area is 95.4 Å². The summed E-state index contributed by atoms with van der Waals surface area (Å²) in [6.07, 6.45) is 3.12. The van der Waals surface area contributed by atoms with Crippen LogP contribution in [0.15, 0.2) is 0 Å². The first kappa shape index (κ1) is 11.3. The van der Waals surface area contributed by atoms with Crippen molar-refractivity contribution in [3.8, 4) is 0 Å². The topological polar surface area (TPSA) is 73.1 Å². The van der Waals surface area contributed by atoms with Gasteiger partial charge in [-0.15, -0.1) is 0 Å². The summed E-state index contributed by atoms with van der Waals surface area (Å²) < 4.78 is 5.39. The lowest BCUT2D eigenvalue weighted by molar-refractivity contribution is 0.0114. The van der Waals surface area contributed by atoms with E-state index >= 15 is 0 Å². The standard InChI is InChI=1S/C11H18N4O/c1-11(2,16-3)10-13-8-6-4-5-7(8)9(14-10)15-12/h4-6,12H2,1-3H3,(H,13,14,15). The number of nitrogens with one attached hydrogen (secondary N) is 1. The number of aryl methyl sites for hydroxylation is 1. The molecule has 1 aromatic heterocycles. The van der Waals surface area contributed by atoms with E-state index in [-0.39, 0.29) is 0 Å². The average molecular weight is 222 g/mol. The molecule has 5 heteroatoms. The summed E-state index contributed by atoms with van der Waals surface area (Å²) in [5.74, 6) is 6.92. The highest BCUT2D eigenvalue weighted by Gasteiger charge is 2.27. The number of methoxy groups -OCH3 is 1. The minimum absolute atomic E-state index is 0.483. The summed E-state index contributed by atoms with van der Waals surface area (Å²) in [6.45, 7) is 3.90. The van der Waals surface area contributed by atoms with Crippen molar-refractivity contribution < 1.29 is 4.74 Å². The number of ether oxygens (including phenoxy) is 1. The molecule has 0 bridgehead atoms. The molecule has 0 aliphatic heterocycles. The Morgan fingerprint density at radius 1 is 1.31 bits per heavy atom. The zero-order valence-electron chi connectivity index (χ0n) is 10.0. The number of hydrogen-bond acceptors (Lipinski definition) is 5. The van der Waals surface area contributed by atoms with Crippen molar-refractivity contribution in [2.24, 2.45) is 5.84 Å². The fourth-order valence-corrected chi connectivity index (χ4v) is 1.91. The predicted octanol–water partition coefficient (Wildman–Crippen LogP) is 1.13. The molecule has 0 saturated carbocycles. The summed E-state index contributed by atoms with van der Waals surface area (Å²) in [7, 11) is 1.66. The van der Waals surface area contributed by atoms with Gasteiger partial charge in [-0.2, -0.15) is 0 Å².